The second-order valence-electron chi connectivity index (χ2n) is 10.1. The summed E-state index contributed by atoms with van der Waals surface area (Å²) in [5.41, 5.74) is 5.80. The third-order valence-electron chi connectivity index (χ3n) is 6.58. The van der Waals surface area contributed by atoms with Crippen molar-refractivity contribution in [2.75, 3.05) is 12.8 Å². The van der Waals surface area contributed by atoms with E-state index in [0.717, 1.165) is 35.7 Å². The van der Waals surface area contributed by atoms with Gasteiger partial charge in [0.25, 0.3) is 0 Å². The molecule has 0 aromatic heterocycles. The van der Waals surface area contributed by atoms with Crippen LogP contribution in [0.3, 0.4) is 0 Å². The number of carbonyl (C=O) groups excluding carboxylic acids is 2. The fourth-order valence-electron chi connectivity index (χ4n) is 4.98. The number of nitrogens with one attached hydrogen (secondary N) is 2. The van der Waals surface area contributed by atoms with E-state index in [1.54, 1.807) is 6.08 Å². The topological polar surface area (TPSA) is 84.2 Å². The number of aldehydes is 1. The SMILES string of the molecule is C=C/C=C\C(CSNC(C)(C)C=O)=C(/C)Cl.CC.CNC1C(C)CC2CC1CC(C)(C(N)=O)C2. The maximum absolute atomic E-state index is 11.6. The molecule has 1 amide bonds. The van der Waals surface area contributed by atoms with Crippen LogP contribution in [0.2, 0.25) is 0 Å². The van der Waals surface area contributed by atoms with E-state index in [1.807, 2.05) is 53.8 Å². The van der Waals surface area contributed by atoms with Gasteiger partial charge in [0.2, 0.25) is 5.91 Å². The third kappa shape index (κ3) is 10.7. The first kappa shape index (κ1) is 32.9. The van der Waals surface area contributed by atoms with E-state index >= 15 is 0 Å². The largest absolute Gasteiger partial charge is 0.369 e. The van der Waals surface area contributed by atoms with E-state index in [0.29, 0.717) is 23.6 Å². The number of nitrogens with two attached hydrogens (primary N) is 1. The van der Waals surface area contributed by atoms with E-state index in [-0.39, 0.29) is 11.3 Å². The minimum Gasteiger partial charge on any atom is -0.369 e. The standard InChI is InChI=1S/C13H24N2O.C12H18ClNOS.C2H6/c1-8-4-9-5-10(11(8)15-3)7-13(2,6-9)12(14)16;1-5-6-7-11(10(2)13)8-16-14-12(3,4)9-15;1-2/h8-11,15H,4-7H2,1-3H3,(H2,14,16);5-7,9,14H,1,8H2,2-4H3;1-2H3/b;7-6-,11-10-;. The van der Waals surface area contributed by atoms with E-state index in [2.05, 4.69) is 30.5 Å². The van der Waals surface area contributed by atoms with Gasteiger partial charge in [-0.1, -0.05) is 76.1 Å². The van der Waals surface area contributed by atoms with Crippen molar-refractivity contribution in [1.82, 2.24) is 10.0 Å². The minimum absolute atomic E-state index is 0.105. The third-order valence-corrected chi connectivity index (χ3v) is 7.94. The van der Waals surface area contributed by atoms with Crippen molar-refractivity contribution in [3.8, 4) is 0 Å². The van der Waals surface area contributed by atoms with Crippen LogP contribution in [-0.4, -0.2) is 36.6 Å². The molecule has 2 aliphatic rings. The zero-order valence-electron chi connectivity index (χ0n) is 22.5. The van der Waals surface area contributed by atoms with Crippen molar-refractivity contribution < 1.29 is 9.59 Å². The number of hydrogen-bond acceptors (Lipinski definition) is 5. The summed E-state index contributed by atoms with van der Waals surface area (Å²) in [6, 6.07) is 0.565. The molecule has 5 nitrogen and oxygen atoms in total. The van der Waals surface area contributed by atoms with Crippen molar-refractivity contribution in [3.63, 3.8) is 0 Å². The van der Waals surface area contributed by atoms with Gasteiger partial charge in [0.1, 0.15) is 6.29 Å². The van der Waals surface area contributed by atoms with Gasteiger partial charge >= 0.3 is 0 Å². The van der Waals surface area contributed by atoms with E-state index < -0.39 is 5.54 Å². The summed E-state index contributed by atoms with van der Waals surface area (Å²) in [5, 5.41) is 4.18. The van der Waals surface area contributed by atoms with Crippen molar-refractivity contribution in [1.29, 1.82) is 0 Å². The number of carbonyl (C=O) groups is 2. The molecule has 2 rings (SSSR count). The monoisotopic (exact) mass is 513 g/mol. The summed E-state index contributed by atoms with van der Waals surface area (Å²) >= 11 is 7.41. The molecule has 4 N–H and O–H groups in total. The first-order valence-corrected chi connectivity index (χ1v) is 13.7. The molecule has 0 aliphatic heterocycles. The van der Waals surface area contributed by atoms with Gasteiger partial charge < -0.3 is 15.8 Å². The van der Waals surface area contributed by atoms with Crippen molar-refractivity contribution in [2.24, 2.45) is 28.9 Å². The minimum atomic E-state index is -0.516. The summed E-state index contributed by atoms with van der Waals surface area (Å²) in [6.07, 6.45) is 10.8. The average molecular weight is 514 g/mol. The highest BCUT2D eigenvalue weighted by atomic mass is 35.5. The molecule has 5 atom stereocenters. The van der Waals surface area contributed by atoms with Crippen LogP contribution < -0.4 is 15.8 Å². The molecule has 7 heteroatoms. The number of primary amides is 1. The predicted octanol–water partition coefficient (Wildman–Crippen LogP) is 6.01. The number of amides is 1. The normalized spacial score (nSPS) is 29.1. The number of halogens is 1. The molecule has 2 bridgehead atoms. The molecule has 0 spiro atoms. The second kappa shape index (κ2) is 15.8. The van der Waals surface area contributed by atoms with Gasteiger partial charge in [0.15, 0.2) is 0 Å². The van der Waals surface area contributed by atoms with Crippen LogP contribution >= 0.6 is 23.5 Å². The van der Waals surface area contributed by atoms with Crippen LogP contribution in [0.25, 0.3) is 0 Å². The molecule has 2 saturated carbocycles. The molecular formula is C27H48ClN3O2S. The Labute approximate surface area is 217 Å². The average Bonchev–Trinajstić information content (AvgIpc) is 2.77. The van der Waals surface area contributed by atoms with Crippen LogP contribution in [-0.2, 0) is 9.59 Å². The summed E-state index contributed by atoms with van der Waals surface area (Å²) in [7, 11) is 2.04. The highest BCUT2D eigenvalue weighted by Crippen LogP contribution is 2.50. The van der Waals surface area contributed by atoms with E-state index in [1.165, 1.54) is 24.8 Å². The summed E-state index contributed by atoms with van der Waals surface area (Å²) in [6.45, 7) is 17.5. The Balaban J connectivity index is 0.000000597. The molecule has 2 fully saturated rings. The summed E-state index contributed by atoms with van der Waals surface area (Å²) in [5.74, 6) is 2.66. The van der Waals surface area contributed by atoms with Crippen LogP contribution in [0.4, 0.5) is 0 Å². The van der Waals surface area contributed by atoms with Crippen molar-refractivity contribution in [3.05, 3.63) is 35.4 Å². The maximum atomic E-state index is 11.6. The van der Waals surface area contributed by atoms with Crippen LogP contribution in [0.1, 0.15) is 74.1 Å². The summed E-state index contributed by atoms with van der Waals surface area (Å²) in [4.78, 5) is 22.3. The van der Waals surface area contributed by atoms with Gasteiger partial charge in [-0.2, -0.15) is 0 Å². The highest BCUT2D eigenvalue weighted by molar-refractivity contribution is 7.97. The van der Waals surface area contributed by atoms with Crippen LogP contribution in [0.5, 0.6) is 0 Å². The van der Waals surface area contributed by atoms with Gasteiger partial charge in [0, 0.05) is 22.2 Å². The lowest BCUT2D eigenvalue weighted by atomic mass is 9.57. The zero-order valence-corrected chi connectivity index (χ0v) is 24.1. The molecule has 0 heterocycles. The van der Waals surface area contributed by atoms with Crippen LogP contribution in [0.15, 0.2) is 35.4 Å². The van der Waals surface area contributed by atoms with E-state index in [4.69, 9.17) is 17.3 Å². The van der Waals surface area contributed by atoms with Crippen LogP contribution in [0, 0.1) is 23.2 Å². The van der Waals surface area contributed by atoms with Crippen molar-refractivity contribution in [2.45, 2.75) is 85.7 Å². The Bertz CT molecular complexity index is 717. The van der Waals surface area contributed by atoms with Gasteiger partial charge in [-0.05, 0) is 76.8 Å². The van der Waals surface area contributed by atoms with E-state index in [9.17, 15) is 9.59 Å². The quantitative estimate of drug-likeness (QED) is 0.200. The van der Waals surface area contributed by atoms with Gasteiger partial charge in [0.05, 0.1) is 5.54 Å². The number of hydrogen-bond donors (Lipinski definition) is 3. The maximum Gasteiger partial charge on any atom is 0.223 e. The van der Waals surface area contributed by atoms with Crippen molar-refractivity contribution >= 4 is 35.7 Å². The molecule has 2 aliphatic carbocycles. The highest BCUT2D eigenvalue weighted by Gasteiger charge is 2.47. The Morgan fingerprint density at radius 1 is 1.29 bits per heavy atom. The van der Waals surface area contributed by atoms with Gasteiger partial charge in [-0.15, -0.1) is 0 Å². The lowest BCUT2D eigenvalue weighted by Crippen LogP contribution is -2.52. The molecule has 0 saturated heterocycles. The molecule has 0 radical (unpaired) electrons. The molecule has 196 valence electrons. The predicted molar refractivity (Wildman–Crippen MR) is 150 cm³/mol. The number of rotatable bonds is 9. The molecular weight excluding hydrogens is 466 g/mol. The Kier molecular flexibility index (Phi) is 15.3. The first-order chi connectivity index (χ1) is 15.9. The Hall–Kier alpha value is -1.08. The molecule has 5 unspecified atom stereocenters. The Morgan fingerprint density at radius 2 is 1.91 bits per heavy atom. The fourth-order valence-corrected chi connectivity index (χ4v) is 6.15. The number of fused-ring (bicyclic) bond motifs is 2. The second-order valence-corrected chi connectivity index (χ2v) is 11.5. The summed E-state index contributed by atoms with van der Waals surface area (Å²) < 4.78 is 3.07. The molecule has 0 aromatic carbocycles. The molecule has 0 aromatic rings. The lowest BCUT2D eigenvalue weighted by Gasteiger charge is -2.49. The first-order valence-electron chi connectivity index (χ1n) is 12.4. The fraction of sp³-hybridized carbons (Fsp3) is 0.704. The zero-order chi connectivity index (χ0) is 26.5. The lowest BCUT2D eigenvalue weighted by molar-refractivity contribution is -0.132. The number of allylic oxidation sites excluding steroid dienone is 4. The van der Waals surface area contributed by atoms with Gasteiger partial charge in [-0.3, -0.25) is 9.52 Å². The smallest absolute Gasteiger partial charge is 0.223 e. The van der Waals surface area contributed by atoms with Gasteiger partial charge in [-0.25, -0.2) is 0 Å². The molecule has 34 heavy (non-hydrogen) atoms. The Morgan fingerprint density at radius 3 is 2.38 bits per heavy atom.